The van der Waals surface area contributed by atoms with Crippen LogP contribution in [0.25, 0.3) is 0 Å². The third kappa shape index (κ3) is 7.30. The highest BCUT2D eigenvalue weighted by Crippen LogP contribution is 2.23. The lowest BCUT2D eigenvalue weighted by Gasteiger charge is -2.09. The first-order chi connectivity index (χ1) is 16.0. The summed E-state index contributed by atoms with van der Waals surface area (Å²) < 4.78 is 11.8. The van der Waals surface area contributed by atoms with Crippen LogP contribution in [0.4, 0.5) is 0 Å². The number of hydrazone groups is 1. The van der Waals surface area contributed by atoms with E-state index in [1.54, 1.807) is 54.6 Å². The second kappa shape index (κ2) is 12.0. The standard InChI is InChI=1S/C25H20BrClN2O4/c1-2-5-17-6-3-4-7-22(17)32-16-24(30)29-28-15-19-14-20(26)10-13-23(19)33-25(31)18-8-11-21(27)12-9-18/h2-4,6-15H,1,5,16H2,(H,29,30)/b28-15+. The van der Waals surface area contributed by atoms with E-state index in [2.05, 4.69) is 33.0 Å². The van der Waals surface area contributed by atoms with E-state index >= 15 is 0 Å². The zero-order valence-electron chi connectivity index (χ0n) is 17.5. The summed E-state index contributed by atoms with van der Waals surface area (Å²) in [4.78, 5) is 24.6. The van der Waals surface area contributed by atoms with Gasteiger partial charge in [0.25, 0.3) is 5.91 Å². The van der Waals surface area contributed by atoms with Crippen molar-refractivity contribution in [1.82, 2.24) is 5.43 Å². The van der Waals surface area contributed by atoms with Gasteiger partial charge in [0.1, 0.15) is 11.5 Å². The van der Waals surface area contributed by atoms with Crippen molar-refractivity contribution >= 4 is 45.6 Å². The van der Waals surface area contributed by atoms with Gasteiger partial charge in [0.05, 0.1) is 11.8 Å². The van der Waals surface area contributed by atoms with Crippen molar-refractivity contribution in [3.8, 4) is 11.5 Å². The Kier molecular flexibility index (Phi) is 8.80. The molecule has 0 aliphatic rings. The normalized spacial score (nSPS) is 10.6. The summed E-state index contributed by atoms with van der Waals surface area (Å²) in [6.45, 7) is 3.51. The van der Waals surface area contributed by atoms with Gasteiger partial charge < -0.3 is 9.47 Å². The van der Waals surface area contributed by atoms with Gasteiger partial charge in [-0.2, -0.15) is 5.10 Å². The molecule has 3 aromatic carbocycles. The Morgan fingerprint density at radius 2 is 1.82 bits per heavy atom. The number of amides is 1. The summed E-state index contributed by atoms with van der Waals surface area (Å²) in [5.41, 5.74) is 4.19. The molecule has 6 nitrogen and oxygen atoms in total. The fraction of sp³-hybridized carbons (Fsp3) is 0.0800. The minimum absolute atomic E-state index is 0.206. The van der Waals surface area contributed by atoms with Crippen LogP contribution in [0.3, 0.4) is 0 Å². The Morgan fingerprint density at radius 3 is 2.58 bits per heavy atom. The van der Waals surface area contributed by atoms with Crippen LogP contribution in [0, 0.1) is 0 Å². The summed E-state index contributed by atoms with van der Waals surface area (Å²) in [5, 5.41) is 4.48. The Bertz CT molecular complexity index is 1180. The molecule has 0 aromatic heterocycles. The lowest BCUT2D eigenvalue weighted by molar-refractivity contribution is -0.123. The van der Waals surface area contributed by atoms with Crippen molar-refractivity contribution in [3.63, 3.8) is 0 Å². The number of hydrogen-bond acceptors (Lipinski definition) is 5. The quantitative estimate of drug-likeness (QED) is 0.130. The average Bonchev–Trinajstić information content (AvgIpc) is 2.81. The van der Waals surface area contributed by atoms with Gasteiger partial charge in [-0.25, -0.2) is 10.2 Å². The van der Waals surface area contributed by atoms with Gasteiger partial charge in [-0.15, -0.1) is 6.58 Å². The molecule has 0 radical (unpaired) electrons. The van der Waals surface area contributed by atoms with Gasteiger partial charge in [0.2, 0.25) is 0 Å². The molecule has 0 bridgehead atoms. The Hall–Kier alpha value is -3.42. The second-order valence-corrected chi connectivity index (χ2v) is 8.11. The number of halogens is 2. The van der Waals surface area contributed by atoms with E-state index in [0.29, 0.717) is 28.3 Å². The van der Waals surface area contributed by atoms with Crippen LogP contribution in [-0.2, 0) is 11.2 Å². The highest BCUT2D eigenvalue weighted by atomic mass is 79.9. The van der Waals surface area contributed by atoms with E-state index in [1.165, 1.54) is 6.21 Å². The maximum Gasteiger partial charge on any atom is 0.343 e. The molecule has 0 spiro atoms. The molecule has 168 valence electrons. The number of esters is 1. The molecule has 0 aliphatic heterocycles. The van der Waals surface area contributed by atoms with Crippen molar-refractivity contribution in [3.05, 3.63) is 106 Å². The number of rotatable bonds is 9. The maximum atomic E-state index is 12.4. The molecule has 0 heterocycles. The first kappa shape index (κ1) is 24.2. The van der Waals surface area contributed by atoms with E-state index in [9.17, 15) is 9.59 Å². The number of carbonyl (C=O) groups is 2. The largest absolute Gasteiger partial charge is 0.483 e. The second-order valence-electron chi connectivity index (χ2n) is 6.76. The molecular weight excluding hydrogens is 508 g/mol. The monoisotopic (exact) mass is 526 g/mol. The Labute approximate surface area is 205 Å². The van der Waals surface area contributed by atoms with Crippen LogP contribution in [0.15, 0.2) is 89.0 Å². The lowest BCUT2D eigenvalue weighted by Crippen LogP contribution is -2.24. The minimum Gasteiger partial charge on any atom is -0.483 e. The number of carbonyl (C=O) groups excluding carboxylic acids is 2. The Morgan fingerprint density at radius 1 is 1.06 bits per heavy atom. The van der Waals surface area contributed by atoms with Crippen molar-refractivity contribution < 1.29 is 19.1 Å². The SMILES string of the molecule is C=CCc1ccccc1OCC(=O)N/N=C/c1cc(Br)ccc1OC(=O)c1ccc(Cl)cc1. The average molecular weight is 528 g/mol. The molecule has 0 fully saturated rings. The number of benzene rings is 3. The lowest BCUT2D eigenvalue weighted by atomic mass is 10.1. The zero-order valence-corrected chi connectivity index (χ0v) is 19.8. The van der Waals surface area contributed by atoms with Gasteiger partial charge >= 0.3 is 5.97 Å². The first-order valence-corrected chi connectivity index (χ1v) is 11.0. The van der Waals surface area contributed by atoms with Crippen LogP contribution >= 0.6 is 27.5 Å². The first-order valence-electron chi connectivity index (χ1n) is 9.87. The molecule has 0 unspecified atom stereocenters. The maximum absolute atomic E-state index is 12.4. The van der Waals surface area contributed by atoms with E-state index in [0.717, 1.165) is 10.0 Å². The number of hydrogen-bond donors (Lipinski definition) is 1. The topological polar surface area (TPSA) is 77.0 Å². The van der Waals surface area contributed by atoms with E-state index < -0.39 is 11.9 Å². The number of nitrogens with zero attached hydrogens (tertiary/aromatic N) is 1. The fourth-order valence-corrected chi connectivity index (χ4v) is 3.28. The number of ether oxygens (including phenoxy) is 2. The van der Waals surface area contributed by atoms with Gasteiger partial charge in [0, 0.05) is 15.1 Å². The number of nitrogens with one attached hydrogen (secondary N) is 1. The van der Waals surface area contributed by atoms with Gasteiger partial charge in [-0.1, -0.05) is 51.8 Å². The summed E-state index contributed by atoms with van der Waals surface area (Å²) in [7, 11) is 0. The van der Waals surface area contributed by atoms with E-state index in [1.807, 2.05) is 18.2 Å². The predicted octanol–water partition coefficient (Wildman–Crippen LogP) is 5.58. The van der Waals surface area contributed by atoms with Crippen molar-refractivity contribution in [2.75, 3.05) is 6.61 Å². The van der Waals surface area contributed by atoms with Gasteiger partial charge in [-0.3, -0.25) is 4.79 Å². The van der Waals surface area contributed by atoms with Crippen LogP contribution in [0.1, 0.15) is 21.5 Å². The molecule has 33 heavy (non-hydrogen) atoms. The Balaban J connectivity index is 1.62. The molecule has 3 rings (SSSR count). The summed E-state index contributed by atoms with van der Waals surface area (Å²) in [6.07, 6.45) is 3.79. The minimum atomic E-state index is -0.542. The van der Waals surface area contributed by atoms with Crippen molar-refractivity contribution in [1.29, 1.82) is 0 Å². The molecule has 0 atom stereocenters. The highest BCUT2D eigenvalue weighted by Gasteiger charge is 2.12. The van der Waals surface area contributed by atoms with Crippen LogP contribution in [0.5, 0.6) is 11.5 Å². The summed E-state index contributed by atoms with van der Waals surface area (Å²) in [5.74, 6) is -0.0840. The molecule has 1 amide bonds. The zero-order chi connectivity index (χ0) is 23.6. The van der Waals surface area contributed by atoms with E-state index in [-0.39, 0.29) is 12.4 Å². The summed E-state index contributed by atoms with van der Waals surface area (Å²) >= 11 is 9.23. The number of allylic oxidation sites excluding steroid dienone is 1. The molecule has 8 heteroatoms. The predicted molar refractivity (Wildman–Crippen MR) is 132 cm³/mol. The molecule has 3 aromatic rings. The highest BCUT2D eigenvalue weighted by molar-refractivity contribution is 9.10. The van der Waals surface area contributed by atoms with Gasteiger partial charge in [-0.05, 0) is 60.5 Å². The third-order valence-electron chi connectivity index (χ3n) is 4.34. The molecular formula is C25H20BrClN2O4. The van der Waals surface area contributed by atoms with Crippen molar-refractivity contribution in [2.45, 2.75) is 6.42 Å². The molecule has 0 saturated carbocycles. The third-order valence-corrected chi connectivity index (χ3v) is 5.09. The fourth-order valence-electron chi connectivity index (χ4n) is 2.78. The van der Waals surface area contributed by atoms with Crippen LogP contribution in [-0.4, -0.2) is 24.7 Å². The van der Waals surface area contributed by atoms with Crippen LogP contribution in [0.2, 0.25) is 5.02 Å². The number of para-hydroxylation sites is 1. The van der Waals surface area contributed by atoms with Crippen molar-refractivity contribution in [2.24, 2.45) is 5.10 Å². The smallest absolute Gasteiger partial charge is 0.343 e. The summed E-state index contributed by atoms with van der Waals surface area (Å²) in [6, 6.07) is 18.9. The molecule has 0 aliphatic carbocycles. The molecule has 0 saturated heterocycles. The van der Waals surface area contributed by atoms with Crippen LogP contribution < -0.4 is 14.9 Å². The van der Waals surface area contributed by atoms with E-state index in [4.69, 9.17) is 21.1 Å². The molecule has 1 N–H and O–H groups in total. The van der Waals surface area contributed by atoms with Gasteiger partial charge in [0.15, 0.2) is 6.61 Å².